The average molecular weight is 224 g/mol. The molecule has 90 valence electrons. The first-order valence-electron chi connectivity index (χ1n) is 6.16. The molecule has 1 aliphatic heterocycles. The van der Waals surface area contributed by atoms with Gasteiger partial charge in [0.1, 0.15) is 0 Å². The zero-order valence-corrected chi connectivity index (χ0v) is 10.0. The molecule has 0 spiro atoms. The lowest BCUT2D eigenvalue weighted by molar-refractivity contribution is -0.121. The normalized spacial score (nSPS) is 36.1. The first-order chi connectivity index (χ1) is 7.56. The standard InChI is InChI=1S/C12H20N2O2/c1-8-5-9(2)7-10(6-8)14-4-3-11(15)13-12(14)16/h8-10H,3-7H2,1-2H3,(H,13,15,16). The molecule has 2 rings (SSSR count). The first-order valence-corrected chi connectivity index (χ1v) is 6.16. The summed E-state index contributed by atoms with van der Waals surface area (Å²) in [6, 6.07) is 0.134. The van der Waals surface area contributed by atoms with Crippen molar-refractivity contribution in [1.82, 2.24) is 10.2 Å². The SMILES string of the molecule is CC1CC(C)CC(N2CCC(=O)NC2=O)C1. The number of carbonyl (C=O) groups is 2. The van der Waals surface area contributed by atoms with E-state index >= 15 is 0 Å². The summed E-state index contributed by atoms with van der Waals surface area (Å²) in [5.41, 5.74) is 0. The lowest BCUT2D eigenvalue weighted by Gasteiger charge is -2.40. The van der Waals surface area contributed by atoms with Crippen LogP contribution in [0.2, 0.25) is 0 Å². The van der Waals surface area contributed by atoms with Gasteiger partial charge in [-0.25, -0.2) is 4.79 Å². The molecular weight excluding hydrogens is 204 g/mol. The van der Waals surface area contributed by atoms with Gasteiger partial charge in [0.25, 0.3) is 0 Å². The van der Waals surface area contributed by atoms with Crippen LogP contribution < -0.4 is 5.32 Å². The Labute approximate surface area is 96.4 Å². The van der Waals surface area contributed by atoms with Gasteiger partial charge in [-0.3, -0.25) is 10.1 Å². The molecule has 0 radical (unpaired) electrons. The number of amides is 3. The number of carbonyl (C=O) groups excluding carboxylic acids is 2. The maximum absolute atomic E-state index is 11.7. The van der Waals surface area contributed by atoms with Crippen LogP contribution >= 0.6 is 0 Å². The van der Waals surface area contributed by atoms with Crippen molar-refractivity contribution in [3.05, 3.63) is 0 Å². The van der Waals surface area contributed by atoms with Crippen LogP contribution in [-0.2, 0) is 4.79 Å². The van der Waals surface area contributed by atoms with Crippen molar-refractivity contribution in [3.8, 4) is 0 Å². The number of hydrogen-bond acceptors (Lipinski definition) is 2. The average Bonchev–Trinajstić information content (AvgIpc) is 2.15. The van der Waals surface area contributed by atoms with E-state index in [1.807, 2.05) is 4.90 Å². The molecule has 2 atom stereocenters. The lowest BCUT2D eigenvalue weighted by atomic mass is 9.79. The Balaban J connectivity index is 2.01. The van der Waals surface area contributed by atoms with Gasteiger partial charge in [0.15, 0.2) is 0 Å². The molecule has 1 N–H and O–H groups in total. The van der Waals surface area contributed by atoms with E-state index in [0.29, 0.717) is 30.8 Å². The van der Waals surface area contributed by atoms with Gasteiger partial charge in [0.2, 0.25) is 5.91 Å². The van der Waals surface area contributed by atoms with Crippen LogP contribution in [0.25, 0.3) is 0 Å². The van der Waals surface area contributed by atoms with E-state index in [9.17, 15) is 9.59 Å². The highest BCUT2D eigenvalue weighted by atomic mass is 16.2. The van der Waals surface area contributed by atoms with Crippen molar-refractivity contribution in [2.45, 2.75) is 45.6 Å². The van der Waals surface area contributed by atoms with Crippen molar-refractivity contribution in [1.29, 1.82) is 0 Å². The number of nitrogens with zero attached hydrogens (tertiary/aromatic N) is 1. The molecule has 2 aliphatic rings. The molecule has 3 amide bonds. The molecule has 4 nitrogen and oxygen atoms in total. The predicted molar refractivity (Wildman–Crippen MR) is 60.8 cm³/mol. The second-order valence-corrected chi connectivity index (χ2v) is 5.37. The molecule has 2 fully saturated rings. The topological polar surface area (TPSA) is 49.4 Å². The monoisotopic (exact) mass is 224 g/mol. The highest BCUT2D eigenvalue weighted by Gasteiger charge is 2.33. The lowest BCUT2D eigenvalue weighted by Crippen LogP contribution is -2.54. The van der Waals surface area contributed by atoms with Crippen LogP contribution in [0.5, 0.6) is 0 Å². The third-order valence-electron chi connectivity index (χ3n) is 3.68. The van der Waals surface area contributed by atoms with E-state index in [-0.39, 0.29) is 11.9 Å². The Hall–Kier alpha value is -1.06. The number of hydrogen-bond donors (Lipinski definition) is 1. The molecule has 2 unspecified atom stereocenters. The molecule has 16 heavy (non-hydrogen) atoms. The minimum atomic E-state index is -0.192. The van der Waals surface area contributed by atoms with Crippen LogP contribution in [-0.4, -0.2) is 29.4 Å². The molecule has 1 saturated heterocycles. The summed E-state index contributed by atoms with van der Waals surface area (Å²) in [6.07, 6.45) is 3.85. The highest BCUT2D eigenvalue weighted by molar-refractivity contribution is 5.96. The predicted octanol–water partition coefficient (Wildman–Crippen LogP) is 1.75. The van der Waals surface area contributed by atoms with Crippen LogP contribution in [0, 0.1) is 11.8 Å². The van der Waals surface area contributed by atoms with Gasteiger partial charge in [0, 0.05) is 19.0 Å². The van der Waals surface area contributed by atoms with Gasteiger partial charge < -0.3 is 4.90 Å². The largest absolute Gasteiger partial charge is 0.324 e. The zero-order chi connectivity index (χ0) is 11.7. The Morgan fingerprint density at radius 1 is 1.12 bits per heavy atom. The molecular formula is C12H20N2O2. The zero-order valence-electron chi connectivity index (χ0n) is 10.0. The second kappa shape index (κ2) is 4.44. The summed E-state index contributed by atoms with van der Waals surface area (Å²) < 4.78 is 0. The quantitative estimate of drug-likeness (QED) is 0.737. The summed E-state index contributed by atoms with van der Waals surface area (Å²) in [5.74, 6) is 1.22. The maximum atomic E-state index is 11.7. The molecule has 0 bridgehead atoms. The van der Waals surface area contributed by atoms with E-state index in [0.717, 1.165) is 12.8 Å². The first kappa shape index (κ1) is 11.4. The Bertz CT molecular complexity index is 293. The Kier molecular flexibility index (Phi) is 3.17. The minimum Gasteiger partial charge on any atom is -0.321 e. The van der Waals surface area contributed by atoms with Crippen LogP contribution in [0.4, 0.5) is 4.79 Å². The molecule has 1 heterocycles. The molecule has 4 heteroatoms. The fourth-order valence-corrected chi connectivity index (χ4v) is 3.08. The van der Waals surface area contributed by atoms with Crippen molar-refractivity contribution < 1.29 is 9.59 Å². The van der Waals surface area contributed by atoms with Gasteiger partial charge >= 0.3 is 6.03 Å². The maximum Gasteiger partial charge on any atom is 0.324 e. The summed E-state index contributed by atoms with van der Waals surface area (Å²) in [6.45, 7) is 5.08. The molecule has 0 aromatic rings. The van der Waals surface area contributed by atoms with E-state index in [4.69, 9.17) is 0 Å². The summed E-state index contributed by atoms with van der Waals surface area (Å²) in [7, 11) is 0. The van der Waals surface area contributed by atoms with Gasteiger partial charge in [-0.2, -0.15) is 0 Å². The number of rotatable bonds is 1. The van der Waals surface area contributed by atoms with Crippen molar-refractivity contribution >= 4 is 11.9 Å². The smallest absolute Gasteiger partial charge is 0.321 e. The van der Waals surface area contributed by atoms with Crippen LogP contribution in [0.1, 0.15) is 39.5 Å². The third kappa shape index (κ3) is 2.36. The van der Waals surface area contributed by atoms with Gasteiger partial charge in [-0.05, 0) is 31.1 Å². The minimum absolute atomic E-state index is 0.141. The van der Waals surface area contributed by atoms with E-state index in [1.165, 1.54) is 6.42 Å². The molecule has 0 aromatic carbocycles. The Morgan fingerprint density at radius 3 is 2.31 bits per heavy atom. The molecule has 0 aromatic heterocycles. The molecule has 1 aliphatic carbocycles. The fraction of sp³-hybridized carbons (Fsp3) is 0.833. The Morgan fingerprint density at radius 2 is 1.75 bits per heavy atom. The fourth-order valence-electron chi connectivity index (χ4n) is 3.08. The van der Waals surface area contributed by atoms with Gasteiger partial charge in [-0.1, -0.05) is 13.8 Å². The third-order valence-corrected chi connectivity index (χ3v) is 3.68. The second-order valence-electron chi connectivity index (χ2n) is 5.37. The summed E-state index contributed by atoms with van der Waals surface area (Å²) >= 11 is 0. The molecule has 1 saturated carbocycles. The van der Waals surface area contributed by atoms with E-state index < -0.39 is 0 Å². The van der Waals surface area contributed by atoms with E-state index in [2.05, 4.69) is 19.2 Å². The number of nitrogens with one attached hydrogen (secondary N) is 1. The van der Waals surface area contributed by atoms with Gasteiger partial charge in [-0.15, -0.1) is 0 Å². The van der Waals surface area contributed by atoms with Crippen molar-refractivity contribution in [3.63, 3.8) is 0 Å². The summed E-state index contributed by atoms with van der Waals surface area (Å²) in [5, 5.41) is 2.40. The van der Waals surface area contributed by atoms with E-state index in [1.54, 1.807) is 0 Å². The summed E-state index contributed by atoms with van der Waals surface area (Å²) in [4.78, 5) is 24.6. The number of imide groups is 1. The number of urea groups is 1. The van der Waals surface area contributed by atoms with Gasteiger partial charge in [0.05, 0.1) is 0 Å². The van der Waals surface area contributed by atoms with Crippen LogP contribution in [0.3, 0.4) is 0 Å². The highest BCUT2D eigenvalue weighted by Crippen LogP contribution is 2.32. The van der Waals surface area contributed by atoms with Crippen molar-refractivity contribution in [2.24, 2.45) is 11.8 Å². The van der Waals surface area contributed by atoms with Crippen molar-refractivity contribution in [2.75, 3.05) is 6.54 Å². The van der Waals surface area contributed by atoms with Crippen LogP contribution in [0.15, 0.2) is 0 Å².